The van der Waals surface area contributed by atoms with Gasteiger partial charge in [-0.3, -0.25) is 4.79 Å². The number of ether oxygens (including phenoxy) is 1. The normalized spacial score (nSPS) is 9.42. The third kappa shape index (κ3) is 3.51. The van der Waals surface area contributed by atoms with Crippen LogP contribution in [0.2, 0.25) is 0 Å². The minimum absolute atomic E-state index is 0.00556. The summed E-state index contributed by atoms with van der Waals surface area (Å²) in [5, 5.41) is 18.3. The molecule has 0 aliphatic heterocycles. The Morgan fingerprint density at radius 3 is 2.68 bits per heavy atom. The van der Waals surface area contributed by atoms with Crippen molar-refractivity contribution in [1.82, 2.24) is 10.2 Å². The van der Waals surface area contributed by atoms with E-state index in [9.17, 15) is 4.79 Å². The van der Waals surface area contributed by atoms with Crippen LogP contribution in [-0.4, -0.2) is 22.7 Å². The van der Waals surface area contributed by atoms with Crippen LogP contribution >= 0.6 is 0 Å². The van der Waals surface area contributed by atoms with Gasteiger partial charge in [0.15, 0.2) is 6.61 Å². The first-order valence-corrected chi connectivity index (χ1v) is 5.47. The summed E-state index contributed by atoms with van der Waals surface area (Å²) in [5.41, 5.74) is 1.06. The van der Waals surface area contributed by atoms with Gasteiger partial charge in [0.25, 0.3) is 5.91 Å². The van der Waals surface area contributed by atoms with Crippen LogP contribution in [0, 0.1) is 11.3 Å². The Labute approximate surface area is 109 Å². The smallest absolute Gasteiger partial charge is 0.257 e. The number of carbonyl (C=O) groups is 1. The Morgan fingerprint density at radius 2 is 2.05 bits per heavy atom. The molecule has 1 aromatic carbocycles. The first kappa shape index (κ1) is 12.5. The second kappa shape index (κ2) is 6.12. The highest BCUT2D eigenvalue weighted by Crippen LogP contribution is 2.16. The number of nitrogens with zero attached hydrogens (tertiary/aromatic N) is 3. The molecule has 0 saturated heterocycles. The quantitative estimate of drug-likeness (QED) is 0.895. The summed E-state index contributed by atoms with van der Waals surface area (Å²) >= 11 is 0. The topological polar surface area (TPSA) is 87.9 Å². The van der Waals surface area contributed by atoms with Gasteiger partial charge in [0.2, 0.25) is 0 Å². The molecule has 1 amide bonds. The number of anilines is 1. The predicted octanol–water partition coefficient (Wildman–Crippen LogP) is 1.63. The molecule has 0 aliphatic carbocycles. The molecular weight excluding hydrogens is 244 g/mol. The summed E-state index contributed by atoms with van der Waals surface area (Å²) in [6.45, 7) is -0.00556. The van der Waals surface area contributed by atoms with Crippen LogP contribution in [0.5, 0.6) is 5.75 Å². The second-order valence-corrected chi connectivity index (χ2v) is 3.56. The van der Waals surface area contributed by atoms with E-state index in [1.807, 2.05) is 6.07 Å². The molecule has 94 valence electrons. The molecule has 0 unspecified atom stereocenters. The van der Waals surface area contributed by atoms with Crippen LogP contribution in [0.1, 0.15) is 10.4 Å². The minimum Gasteiger partial charge on any atom is -0.479 e. The van der Waals surface area contributed by atoms with E-state index in [0.29, 0.717) is 17.0 Å². The van der Waals surface area contributed by atoms with Gasteiger partial charge in [0, 0.05) is 5.69 Å². The van der Waals surface area contributed by atoms with Crippen molar-refractivity contribution in [2.45, 2.75) is 0 Å². The lowest BCUT2D eigenvalue weighted by Gasteiger charge is -2.06. The predicted molar refractivity (Wildman–Crippen MR) is 67.5 cm³/mol. The second-order valence-electron chi connectivity index (χ2n) is 3.56. The number of nitrogens with one attached hydrogen (secondary N) is 1. The summed E-state index contributed by atoms with van der Waals surface area (Å²) in [5.74, 6) is 0.311. The van der Waals surface area contributed by atoms with Crippen molar-refractivity contribution in [3.63, 3.8) is 0 Å². The average molecular weight is 254 g/mol. The van der Waals surface area contributed by atoms with E-state index in [4.69, 9.17) is 10.00 Å². The summed E-state index contributed by atoms with van der Waals surface area (Å²) in [6, 6.07) is 10.2. The minimum atomic E-state index is -0.263. The maximum Gasteiger partial charge on any atom is 0.257 e. The van der Waals surface area contributed by atoms with Gasteiger partial charge in [-0.15, -0.1) is 0 Å². The molecule has 0 saturated carbocycles. The molecule has 0 atom stereocenters. The molecule has 1 aromatic heterocycles. The number of nitriles is 1. The van der Waals surface area contributed by atoms with Crippen LogP contribution in [0.4, 0.5) is 5.69 Å². The van der Waals surface area contributed by atoms with Gasteiger partial charge in [-0.2, -0.15) is 15.5 Å². The lowest BCUT2D eigenvalue weighted by Crippen LogP contribution is -2.12. The first-order valence-electron chi connectivity index (χ1n) is 5.47. The zero-order valence-electron chi connectivity index (χ0n) is 9.91. The van der Waals surface area contributed by atoms with E-state index >= 15 is 0 Å². The zero-order valence-corrected chi connectivity index (χ0v) is 9.91. The van der Waals surface area contributed by atoms with Crippen molar-refractivity contribution in [3.05, 3.63) is 48.3 Å². The van der Waals surface area contributed by atoms with E-state index in [2.05, 4.69) is 15.5 Å². The van der Waals surface area contributed by atoms with Crippen molar-refractivity contribution < 1.29 is 9.53 Å². The molecule has 0 spiro atoms. The molecule has 19 heavy (non-hydrogen) atoms. The van der Waals surface area contributed by atoms with Gasteiger partial charge in [-0.1, -0.05) is 0 Å². The monoisotopic (exact) mass is 254 g/mol. The summed E-state index contributed by atoms with van der Waals surface area (Å²) in [6.07, 6.45) is 2.84. The van der Waals surface area contributed by atoms with Crippen molar-refractivity contribution in [1.29, 1.82) is 5.26 Å². The van der Waals surface area contributed by atoms with E-state index in [-0.39, 0.29) is 12.5 Å². The highest BCUT2D eigenvalue weighted by atomic mass is 16.5. The van der Waals surface area contributed by atoms with Crippen LogP contribution < -0.4 is 10.1 Å². The SMILES string of the molecule is N#CCOc1ccc(NC(=O)c2ccnnc2)cc1. The van der Waals surface area contributed by atoms with Crippen molar-refractivity contribution in [3.8, 4) is 11.8 Å². The average Bonchev–Trinajstić information content (AvgIpc) is 2.47. The Balaban J connectivity index is 2.00. The number of benzene rings is 1. The van der Waals surface area contributed by atoms with Gasteiger partial charge in [-0.25, -0.2) is 0 Å². The summed E-state index contributed by atoms with van der Waals surface area (Å²) in [7, 11) is 0. The summed E-state index contributed by atoms with van der Waals surface area (Å²) in [4.78, 5) is 11.8. The molecule has 0 fully saturated rings. The number of amides is 1. The van der Waals surface area contributed by atoms with E-state index in [0.717, 1.165) is 0 Å². The first-order chi connectivity index (χ1) is 9.29. The van der Waals surface area contributed by atoms with Crippen LogP contribution in [-0.2, 0) is 0 Å². The molecule has 1 N–H and O–H groups in total. The molecule has 0 aliphatic rings. The van der Waals surface area contributed by atoms with Crippen molar-refractivity contribution in [2.24, 2.45) is 0 Å². The number of hydrogen-bond acceptors (Lipinski definition) is 5. The molecule has 6 heteroatoms. The Morgan fingerprint density at radius 1 is 1.26 bits per heavy atom. The lowest BCUT2D eigenvalue weighted by atomic mass is 10.2. The highest BCUT2D eigenvalue weighted by molar-refractivity contribution is 6.03. The third-order valence-electron chi connectivity index (χ3n) is 2.26. The lowest BCUT2D eigenvalue weighted by molar-refractivity contribution is 0.102. The maximum atomic E-state index is 11.8. The van der Waals surface area contributed by atoms with Gasteiger partial charge in [0.1, 0.15) is 11.8 Å². The zero-order chi connectivity index (χ0) is 13.5. The Bertz CT molecular complexity index is 590. The standard InChI is InChI=1S/C13H10N4O2/c14-6-8-19-12-3-1-11(2-4-12)17-13(18)10-5-7-15-16-9-10/h1-5,7,9H,8H2,(H,17,18). The highest BCUT2D eigenvalue weighted by Gasteiger charge is 2.05. The van der Waals surface area contributed by atoms with Crippen LogP contribution in [0.25, 0.3) is 0 Å². The van der Waals surface area contributed by atoms with Gasteiger partial charge >= 0.3 is 0 Å². The Hall–Kier alpha value is -2.94. The molecule has 1 heterocycles. The number of carbonyl (C=O) groups excluding carboxylic acids is 1. The molecular formula is C13H10N4O2. The third-order valence-corrected chi connectivity index (χ3v) is 2.26. The molecule has 2 rings (SSSR count). The van der Waals surface area contributed by atoms with Gasteiger partial charge in [-0.05, 0) is 30.3 Å². The molecule has 0 radical (unpaired) electrons. The van der Waals surface area contributed by atoms with Gasteiger partial charge < -0.3 is 10.1 Å². The molecule has 0 bridgehead atoms. The number of rotatable bonds is 4. The molecule has 6 nitrogen and oxygen atoms in total. The Kier molecular flexibility index (Phi) is 4.03. The largest absolute Gasteiger partial charge is 0.479 e. The van der Waals surface area contributed by atoms with E-state index < -0.39 is 0 Å². The fraction of sp³-hybridized carbons (Fsp3) is 0.0769. The number of aromatic nitrogens is 2. The van der Waals surface area contributed by atoms with Crippen molar-refractivity contribution >= 4 is 11.6 Å². The van der Waals surface area contributed by atoms with Crippen LogP contribution in [0.15, 0.2) is 42.7 Å². The van der Waals surface area contributed by atoms with Gasteiger partial charge in [0.05, 0.1) is 18.0 Å². The van der Waals surface area contributed by atoms with Crippen LogP contribution in [0.3, 0.4) is 0 Å². The summed E-state index contributed by atoms with van der Waals surface area (Å²) < 4.78 is 5.11. The van der Waals surface area contributed by atoms with E-state index in [1.54, 1.807) is 30.3 Å². The molecule has 2 aromatic rings. The fourth-order valence-electron chi connectivity index (χ4n) is 1.38. The maximum absolute atomic E-state index is 11.8. The van der Waals surface area contributed by atoms with Crippen molar-refractivity contribution in [2.75, 3.05) is 11.9 Å². The van der Waals surface area contributed by atoms with E-state index in [1.165, 1.54) is 12.4 Å². The fourth-order valence-corrected chi connectivity index (χ4v) is 1.38. The number of hydrogen-bond donors (Lipinski definition) is 1.